The van der Waals surface area contributed by atoms with Gasteiger partial charge < -0.3 is 19.7 Å². The smallest absolute Gasteiger partial charge is 0.194 e. The van der Waals surface area contributed by atoms with Gasteiger partial charge in [0.15, 0.2) is 5.96 Å². The molecule has 0 amide bonds. The van der Waals surface area contributed by atoms with E-state index in [9.17, 15) is 0 Å². The first-order valence-corrected chi connectivity index (χ1v) is 11.1. The van der Waals surface area contributed by atoms with Gasteiger partial charge in [-0.2, -0.15) is 5.10 Å². The Morgan fingerprint density at radius 2 is 1.94 bits per heavy atom. The maximum Gasteiger partial charge on any atom is 0.194 e. The lowest BCUT2D eigenvalue weighted by Gasteiger charge is -2.34. The van der Waals surface area contributed by atoms with Crippen LogP contribution in [0.5, 0.6) is 5.75 Å². The van der Waals surface area contributed by atoms with E-state index in [2.05, 4.69) is 46.5 Å². The van der Waals surface area contributed by atoms with Crippen LogP contribution in [0.3, 0.4) is 0 Å². The van der Waals surface area contributed by atoms with Crippen molar-refractivity contribution in [2.75, 3.05) is 26.2 Å². The minimum absolute atomic E-state index is 0.00482. The van der Waals surface area contributed by atoms with Crippen LogP contribution in [-0.2, 0) is 24.9 Å². The van der Waals surface area contributed by atoms with Crippen molar-refractivity contribution in [3.63, 3.8) is 0 Å². The normalized spacial score (nSPS) is 16.8. The lowest BCUT2D eigenvalue weighted by molar-refractivity contribution is -0.00805. The number of aromatic nitrogens is 2. The number of hydrogen-bond donors (Lipinski definition) is 1. The molecule has 0 spiro atoms. The van der Waals surface area contributed by atoms with Crippen LogP contribution < -0.4 is 10.1 Å². The monoisotopic (exact) mass is 433 g/mol. The second kappa shape index (κ2) is 10.8. The first-order chi connectivity index (χ1) is 15.7. The van der Waals surface area contributed by atoms with E-state index in [4.69, 9.17) is 14.5 Å². The fourth-order valence-corrected chi connectivity index (χ4v) is 3.67. The van der Waals surface area contributed by atoms with Gasteiger partial charge in [0.2, 0.25) is 0 Å². The summed E-state index contributed by atoms with van der Waals surface area (Å²) in [5.41, 5.74) is 3.41. The fourth-order valence-electron chi connectivity index (χ4n) is 3.67. The Balaban J connectivity index is 1.36. The number of benzene rings is 2. The summed E-state index contributed by atoms with van der Waals surface area (Å²) >= 11 is 0. The number of nitrogens with one attached hydrogen (secondary N) is 1. The molecule has 168 valence electrons. The molecule has 32 heavy (non-hydrogen) atoms. The Hall–Kier alpha value is -3.32. The number of rotatable bonds is 7. The Labute approximate surface area is 189 Å². The van der Waals surface area contributed by atoms with Gasteiger partial charge in [0.1, 0.15) is 18.5 Å². The molecule has 0 aliphatic carbocycles. The first-order valence-electron chi connectivity index (χ1n) is 11.1. The zero-order chi connectivity index (χ0) is 22.2. The van der Waals surface area contributed by atoms with Crippen LogP contribution in [0.2, 0.25) is 0 Å². The quantitative estimate of drug-likeness (QED) is 0.456. The molecule has 1 fully saturated rings. The molecule has 1 aliphatic heterocycles. The maximum atomic E-state index is 5.98. The van der Waals surface area contributed by atoms with Crippen LogP contribution >= 0.6 is 0 Å². The molecule has 7 heteroatoms. The Bertz CT molecular complexity index is 1000. The van der Waals surface area contributed by atoms with Gasteiger partial charge in [-0.3, -0.25) is 4.68 Å². The van der Waals surface area contributed by atoms with Gasteiger partial charge in [-0.15, -0.1) is 0 Å². The summed E-state index contributed by atoms with van der Waals surface area (Å²) in [6.07, 6.45) is 3.90. The van der Waals surface area contributed by atoms with Crippen LogP contribution in [0.1, 0.15) is 29.7 Å². The van der Waals surface area contributed by atoms with E-state index in [0.29, 0.717) is 19.8 Å². The summed E-state index contributed by atoms with van der Waals surface area (Å²) in [7, 11) is 1.93. The number of morpholine rings is 1. The number of aryl methyl sites for hydroxylation is 1. The number of guanidine groups is 1. The predicted octanol–water partition coefficient (Wildman–Crippen LogP) is 3.54. The van der Waals surface area contributed by atoms with E-state index in [1.807, 2.05) is 54.5 Å². The van der Waals surface area contributed by atoms with Gasteiger partial charge in [-0.25, -0.2) is 4.99 Å². The summed E-state index contributed by atoms with van der Waals surface area (Å²) < 4.78 is 13.6. The molecule has 1 aliphatic rings. The minimum Gasteiger partial charge on any atom is -0.489 e. The van der Waals surface area contributed by atoms with Gasteiger partial charge in [0.05, 0.1) is 25.9 Å². The zero-order valence-corrected chi connectivity index (χ0v) is 18.8. The summed E-state index contributed by atoms with van der Waals surface area (Å²) in [5, 5.41) is 7.70. The molecular formula is C25H31N5O2. The van der Waals surface area contributed by atoms with Gasteiger partial charge in [0, 0.05) is 31.9 Å². The number of nitrogens with zero attached hydrogens (tertiary/aromatic N) is 4. The van der Waals surface area contributed by atoms with Crippen molar-refractivity contribution in [2.24, 2.45) is 12.0 Å². The number of ether oxygens (including phenoxy) is 2. The van der Waals surface area contributed by atoms with Crippen molar-refractivity contribution < 1.29 is 9.47 Å². The van der Waals surface area contributed by atoms with E-state index in [-0.39, 0.29) is 6.10 Å². The fraction of sp³-hybridized carbons (Fsp3) is 0.360. The molecule has 2 heterocycles. The van der Waals surface area contributed by atoms with E-state index in [1.54, 1.807) is 0 Å². The maximum absolute atomic E-state index is 5.98. The Kier molecular flexibility index (Phi) is 7.40. The standard InChI is InChI=1S/C25H31N5O2/c1-3-26-25(30-13-14-31-24(18-30)22-16-28-29(2)17-22)27-15-20-9-11-21(12-10-20)19-32-23-7-5-4-6-8-23/h4-12,16-17,24H,3,13-15,18-19H2,1-2H3,(H,26,27). The van der Waals surface area contributed by atoms with E-state index >= 15 is 0 Å². The van der Waals surface area contributed by atoms with Crippen molar-refractivity contribution >= 4 is 5.96 Å². The van der Waals surface area contributed by atoms with Crippen LogP contribution in [0.4, 0.5) is 0 Å². The van der Waals surface area contributed by atoms with Crippen LogP contribution in [-0.4, -0.2) is 46.9 Å². The van der Waals surface area contributed by atoms with Crippen molar-refractivity contribution in [3.05, 3.63) is 83.7 Å². The molecule has 1 N–H and O–H groups in total. The topological polar surface area (TPSA) is 63.9 Å². The summed E-state index contributed by atoms with van der Waals surface area (Å²) in [6, 6.07) is 18.3. The molecular weight excluding hydrogens is 402 g/mol. The molecule has 1 aromatic heterocycles. The van der Waals surface area contributed by atoms with Crippen molar-refractivity contribution in [1.82, 2.24) is 20.0 Å². The largest absolute Gasteiger partial charge is 0.489 e. The van der Waals surface area contributed by atoms with Crippen molar-refractivity contribution in [1.29, 1.82) is 0 Å². The van der Waals surface area contributed by atoms with Gasteiger partial charge in [-0.1, -0.05) is 42.5 Å². The molecule has 0 bridgehead atoms. The van der Waals surface area contributed by atoms with E-state index < -0.39 is 0 Å². The SMILES string of the molecule is CCNC(=NCc1ccc(COc2ccccc2)cc1)N1CCOC(c2cnn(C)c2)C1. The Morgan fingerprint density at radius 3 is 2.66 bits per heavy atom. The molecule has 7 nitrogen and oxygen atoms in total. The Morgan fingerprint density at radius 1 is 1.16 bits per heavy atom. The zero-order valence-electron chi connectivity index (χ0n) is 18.8. The highest BCUT2D eigenvalue weighted by Gasteiger charge is 2.25. The molecule has 2 aromatic carbocycles. The van der Waals surface area contributed by atoms with Crippen LogP contribution in [0, 0.1) is 0 Å². The molecule has 0 saturated carbocycles. The summed E-state index contributed by atoms with van der Waals surface area (Å²) in [4.78, 5) is 7.16. The number of aliphatic imine (C=N–C) groups is 1. The third kappa shape index (κ3) is 5.88. The van der Waals surface area contributed by atoms with E-state index in [0.717, 1.165) is 42.5 Å². The lowest BCUT2D eigenvalue weighted by Crippen LogP contribution is -2.48. The van der Waals surface area contributed by atoms with Gasteiger partial charge >= 0.3 is 0 Å². The molecule has 1 unspecified atom stereocenters. The average Bonchev–Trinajstić information content (AvgIpc) is 3.28. The summed E-state index contributed by atoms with van der Waals surface area (Å²) in [5.74, 6) is 1.80. The predicted molar refractivity (Wildman–Crippen MR) is 126 cm³/mol. The second-order valence-corrected chi connectivity index (χ2v) is 7.84. The average molecular weight is 434 g/mol. The lowest BCUT2D eigenvalue weighted by atomic mass is 10.1. The third-order valence-electron chi connectivity index (χ3n) is 5.38. The van der Waals surface area contributed by atoms with Crippen LogP contribution in [0.25, 0.3) is 0 Å². The highest BCUT2D eigenvalue weighted by molar-refractivity contribution is 5.80. The van der Waals surface area contributed by atoms with E-state index in [1.165, 1.54) is 5.56 Å². The second-order valence-electron chi connectivity index (χ2n) is 7.84. The molecule has 3 aromatic rings. The highest BCUT2D eigenvalue weighted by Crippen LogP contribution is 2.22. The van der Waals surface area contributed by atoms with Crippen molar-refractivity contribution in [3.8, 4) is 5.75 Å². The molecule has 1 saturated heterocycles. The highest BCUT2D eigenvalue weighted by atomic mass is 16.5. The molecule has 4 rings (SSSR count). The molecule has 0 radical (unpaired) electrons. The van der Waals surface area contributed by atoms with Crippen LogP contribution in [0.15, 0.2) is 72.0 Å². The first kappa shape index (κ1) is 21.9. The van der Waals surface area contributed by atoms with Gasteiger partial charge in [0.25, 0.3) is 0 Å². The minimum atomic E-state index is 0.00482. The van der Waals surface area contributed by atoms with Gasteiger partial charge in [-0.05, 0) is 30.2 Å². The number of hydrogen-bond acceptors (Lipinski definition) is 4. The summed E-state index contributed by atoms with van der Waals surface area (Å²) in [6.45, 7) is 6.34. The molecule has 1 atom stereocenters. The third-order valence-corrected chi connectivity index (χ3v) is 5.38. The van der Waals surface area contributed by atoms with Crippen molar-refractivity contribution in [2.45, 2.75) is 26.2 Å². The number of para-hydroxylation sites is 1.